The third kappa shape index (κ3) is 38200. The Hall–Kier alpha value is 0.132. The van der Waals surface area contributed by atoms with Crippen molar-refractivity contribution in [1.29, 1.82) is 0 Å². The van der Waals surface area contributed by atoms with Crippen molar-refractivity contribution >= 4 is 17.4 Å². The normalized spacial score (nSPS) is 0. The Kier molecular flexibility index (Phi) is 285000000. The Morgan fingerprint density at radius 1 is 0.273 bits per heavy atom. The molecule has 80 valence electrons. The fraction of sp³-hybridized carbons (Fsp3) is 0. The topological polar surface area (TPSA) is 306 Å². The Morgan fingerprint density at radius 3 is 0.273 bits per heavy atom. The molecule has 0 unspecified atom stereocenters. The van der Waals surface area contributed by atoms with Crippen molar-refractivity contribution < 1.29 is 54.8 Å². The van der Waals surface area contributed by atoms with E-state index in [1.807, 2.05) is 0 Å². The van der Waals surface area contributed by atoms with Gasteiger partial charge in [0.05, 0.1) is 0 Å². The van der Waals surface area contributed by atoms with Crippen LogP contribution in [0.15, 0.2) is 0 Å². The van der Waals surface area contributed by atoms with Crippen LogP contribution in [0.5, 0.6) is 0 Å². The first-order valence-corrected chi connectivity index (χ1v) is 0. The standard InChI is InChI=1S/Al.7H2O.3O/h;7*1H2;;;/q+3;;;;;;;;3*-2. The van der Waals surface area contributed by atoms with Gasteiger partial charge in [0.15, 0.2) is 0 Å². The zero-order valence-corrected chi connectivity index (χ0v) is 6.46. The Balaban J connectivity index is 0. The van der Waals surface area contributed by atoms with Crippen molar-refractivity contribution in [2.45, 2.75) is 0 Å². The van der Waals surface area contributed by atoms with E-state index in [1.165, 1.54) is 0 Å². The second-order valence-corrected chi connectivity index (χ2v) is 0. The number of rotatable bonds is 0. The Labute approximate surface area is 73.0 Å². The predicted molar refractivity (Wildman–Crippen MR) is 33.1 cm³/mol. The van der Waals surface area contributed by atoms with Gasteiger partial charge < -0.3 is 54.8 Å². The molecule has 0 atom stereocenters. The van der Waals surface area contributed by atoms with Crippen molar-refractivity contribution in [3.63, 3.8) is 0 Å². The molecule has 0 aromatic carbocycles. The monoisotopic (exact) mass is 201 g/mol. The fourth-order valence-electron chi connectivity index (χ4n) is 0. The summed E-state index contributed by atoms with van der Waals surface area (Å²) >= 11 is 0. The average molecular weight is 201 g/mol. The van der Waals surface area contributed by atoms with Crippen LogP contribution in [-0.4, -0.2) is 55.7 Å². The molecule has 0 rings (SSSR count). The Morgan fingerprint density at radius 2 is 0.273 bits per heavy atom. The molecule has 0 aliphatic heterocycles. The third-order valence-corrected chi connectivity index (χ3v) is 0. The van der Waals surface area contributed by atoms with Gasteiger partial charge in [-0.1, -0.05) is 0 Å². The zero-order chi connectivity index (χ0) is 0. The minimum absolute atomic E-state index is 0. The molecule has 0 bridgehead atoms. The van der Waals surface area contributed by atoms with Crippen LogP contribution in [-0.2, 0) is 16.4 Å². The van der Waals surface area contributed by atoms with Crippen molar-refractivity contribution in [3.05, 3.63) is 0 Å². The van der Waals surface area contributed by atoms with E-state index < -0.39 is 0 Å². The van der Waals surface area contributed by atoms with Crippen LogP contribution in [0.2, 0.25) is 0 Å². The smallest absolute Gasteiger partial charge is 2.00 e. The van der Waals surface area contributed by atoms with Crippen molar-refractivity contribution in [2.75, 3.05) is 0 Å². The molecule has 0 amide bonds. The predicted octanol–water partition coefficient (Wildman–Crippen LogP) is -6.51. The van der Waals surface area contributed by atoms with Gasteiger partial charge in [-0.2, -0.15) is 0 Å². The molecule has 0 aromatic rings. The molecule has 11 heavy (non-hydrogen) atoms. The molecule has 0 heterocycles. The van der Waals surface area contributed by atoms with Crippen molar-refractivity contribution in [3.8, 4) is 0 Å². The van der Waals surface area contributed by atoms with Crippen LogP contribution >= 0.6 is 0 Å². The molecule has 0 saturated carbocycles. The van der Waals surface area contributed by atoms with Crippen LogP contribution in [0.25, 0.3) is 0 Å². The molecule has 0 aliphatic rings. The fourth-order valence-corrected chi connectivity index (χ4v) is 0. The van der Waals surface area contributed by atoms with E-state index in [0.29, 0.717) is 0 Å². The molecule has 0 spiro atoms. The van der Waals surface area contributed by atoms with E-state index in [1.54, 1.807) is 0 Å². The van der Waals surface area contributed by atoms with Crippen LogP contribution in [0, 0.1) is 0 Å². The van der Waals surface area contributed by atoms with Gasteiger partial charge in [0.25, 0.3) is 0 Å². The minimum Gasteiger partial charge on any atom is -2.00 e. The van der Waals surface area contributed by atoms with Crippen molar-refractivity contribution in [2.24, 2.45) is 0 Å². The second kappa shape index (κ2) is 48200. The summed E-state index contributed by atoms with van der Waals surface area (Å²) in [5.41, 5.74) is 0. The molecule has 0 fully saturated rings. The zero-order valence-electron chi connectivity index (χ0n) is 5.30. The van der Waals surface area contributed by atoms with E-state index in [0.717, 1.165) is 0 Å². The molecule has 14 N–H and O–H groups in total. The summed E-state index contributed by atoms with van der Waals surface area (Å²) in [4.78, 5) is 0. The summed E-state index contributed by atoms with van der Waals surface area (Å²) in [6.07, 6.45) is 0. The van der Waals surface area contributed by atoms with Crippen molar-refractivity contribution in [1.82, 2.24) is 0 Å². The van der Waals surface area contributed by atoms with Gasteiger partial charge in [-0.05, 0) is 0 Å². The first kappa shape index (κ1) is 65100. The van der Waals surface area contributed by atoms with Gasteiger partial charge in [0.2, 0.25) is 0 Å². The maximum atomic E-state index is 0. The molecule has 0 aromatic heterocycles. The molecule has 10 nitrogen and oxygen atoms in total. The van der Waals surface area contributed by atoms with Gasteiger partial charge >= 0.3 is 17.4 Å². The number of hydrogen-bond acceptors (Lipinski definition) is 0. The molecule has 0 radical (unpaired) electrons. The molecule has 11 heteroatoms. The minimum atomic E-state index is 0. The van der Waals surface area contributed by atoms with Crippen LogP contribution in [0.1, 0.15) is 0 Å². The third-order valence-electron chi connectivity index (χ3n) is 0. The van der Waals surface area contributed by atoms with E-state index in [4.69, 9.17) is 0 Å². The summed E-state index contributed by atoms with van der Waals surface area (Å²) < 4.78 is 0. The maximum Gasteiger partial charge on any atom is 3.00 e. The van der Waals surface area contributed by atoms with Crippen LogP contribution in [0.4, 0.5) is 0 Å². The van der Waals surface area contributed by atoms with E-state index >= 15 is 0 Å². The van der Waals surface area contributed by atoms with Crippen LogP contribution in [0.3, 0.4) is 0 Å². The Bertz CT molecular complexity index is 4.83. The first-order chi connectivity index (χ1) is 0. The SMILES string of the molecule is O.O.O.O.O.O.O.[Al+3].[O-2].[O-2].[O-2]. The first-order valence-electron chi connectivity index (χ1n) is 0. The van der Waals surface area contributed by atoms with Gasteiger partial charge in [-0.15, -0.1) is 0 Å². The van der Waals surface area contributed by atoms with E-state index in [-0.39, 0.29) is 72.1 Å². The number of hydrogen-bond donors (Lipinski definition) is 0. The molecule has 0 saturated heterocycles. The van der Waals surface area contributed by atoms with E-state index in [2.05, 4.69) is 0 Å². The summed E-state index contributed by atoms with van der Waals surface area (Å²) in [7, 11) is 0. The molecular weight excluding hydrogens is 187 g/mol. The van der Waals surface area contributed by atoms with Gasteiger partial charge in [0.1, 0.15) is 0 Å². The second-order valence-electron chi connectivity index (χ2n) is 0. The van der Waals surface area contributed by atoms with Crippen LogP contribution < -0.4 is 0 Å². The van der Waals surface area contributed by atoms with E-state index in [9.17, 15) is 0 Å². The summed E-state index contributed by atoms with van der Waals surface area (Å²) in [6.45, 7) is 0. The molecular formula is H14AlO10-3. The summed E-state index contributed by atoms with van der Waals surface area (Å²) in [5.74, 6) is 0. The largest absolute Gasteiger partial charge is 3.00 e. The summed E-state index contributed by atoms with van der Waals surface area (Å²) in [6, 6.07) is 0. The van der Waals surface area contributed by atoms with Gasteiger partial charge in [-0.25, -0.2) is 0 Å². The average Bonchev–Trinajstić information content (AvgIpc) is 0. The molecule has 0 aliphatic carbocycles. The quantitative estimate of drug-likeness (QED) is 0.329. The van der Waals surface area contributed by atoms with Gasteiger partial charge in [0, 0.05) is 0 Å². The van der Waals surface area contributed by atoms with Gasteiger partial charge in [-0.3, -0.25) is 0 Å². The maximum absolute atomic E-state index is 0. The summed E-state index contributed by atoms with van der Waals surface area (Å²) in [5, 5.41) is 0.